The monoisotopic (exact) mass is 329 g/mol. The number of nitrogens with two attached hydrogens (primary N) is 1. The van der Waals surface area contributed by atoms with Crippen LogP contribution in [-0.2, 0) is 4.74 Å². The van der Waals surface area contributed by atoms with Gasteiger partial charge >= 0.3 is 0 Å². The molecule has 23 heavy (non-hydrogen) atoms. The first kappa shape index (κ1) is 16.4. The predicted molar refractivity (Wildman–Crippen MR) is 92.7 cm³/mol. The fourth-order valence-electron chi connectivity index (χ4n) is 1.71. The molecule has 0 fully saturated rings. The first-order chi connectivity index (χ1) is 11.1. The van der Waals surface area contributed by atoms with E-state index in [2.05, 4.69) is 10.3 Å². The van der Waals surface area contributed by atoms with E-state index in [0.717, 1.165) is 0 Å². The third-order valence-corrected chi connectivity index (χ3v) is 2.93. The van der Waals surface area contributed by atoms with Gasteiger partial charge < -0.3 is 20.5 Å². The summed E-state index contributed by atoms with van der Waals surface area (Å²) in [6.45, 7) is 0. The lowest BCUT2D eigenvalue weighted by Crippen LogP contribution is -2.25. The molecule has 0 atom stereocenters. The second-order valence-electron chi connectivity index (χ2n) is 4.37. The molecule has 0 aromatic heterocycles. The van der Waals surface area contributed by atoms with Crippen LogP contribution in [0.1, 0.15) is 10.4 Å². The Balaban J connectivity index is 1.96. The molecule has 118 valence electrons. The number of ether oxygens (including phenoxy) is 2. The second kappa shape index (κ2) is 7.90. The van der Waals surface area contributed by atoms with Crippen molar-refractivity contribution >= 4 is 35.0 Å². The number of benzene rings is 2. The van der Waals surface area contributed by atoms with E-state index >= 15 is 0 Å². The summed E-state index contributed by atoms with van der Waals surface area (Å²) in [5.41, 5.74) is 6.65. The zero-order chi connectivity index (χ0) is 16.7. The van der Waals surface area contributed by atoms with Crippen LogP contribution in [0.25, 0.3) is 0 Å². The van der Waals surface area contributed by atoms with E-state index < -0.39 is 5.91 Å². The van der Waals surface area contributed by atoms with E-state index in [4.69, 9.17) is 27.4 Å². The Bertz CT molecular complexity index is 732. The number of hydrogen-bond acceptors (Lipinski definition) is 4. The molecule has 0 aliphatic carbocycles. The van der Waals surface area contributed by atoms with Gasteiger partial charge in [-0.3, -0.25) is 4.79 Å². The molecule has 2 aromatic carbocycles. The predicted octanol–water partition coefficient (Wildman–Crippen LogP) is 2.56. The molecule has 0 saturated carbocycles. The number of thiocarbonyl (C=S) groups is 1. The first-order valence-corrected chi connectivity index (χ1v) is 7.06. The summed E-state index contributed by atoms with van der Waals surface area (Å²) in [5, 5.41) is 2.79. The number of nitrogens with one attached hydrogen (secondary N) is 1. The topological polar surface area (TPSA) is 85.9 Å². The van der Waals surface area contributed by atoms with Gasteiger partial charge in [-0.15, -0.1) is 0 Å². The summed E-state index contributed by atoms with van der Waals surface area (Å²) in [6.07, 6.45) is 0. The molecule has 3 N–H and O–H groups in total. The Kier molecular flexibility index (Phi) is 5.65. The molecule has 0 unspecified atom stereocenters. The fourth-order valence-corrected chi connectivity index (χ4v) is 1.91. The van der Waals surface area contributed by atoms with Crippen molar-refractivity contribution in [3.63, 3.8) is 0 Å². The molecule has 1 amide bonds. The van der Waals surface area contributed by atoms with E-state index in [0.29, 0.717) is 17.0 Å². The maximum Gasteiger partial charge on any atom is 0.297 e. The third kappa shape index (κ3) is 5.08. The smallest absolute Gasteiger partial charge is 0.297 e. The zero-order valence-corrected chi connectivity index (χ0v) is 13.2. The van der Waals surface area contributed by atoms with Gasteiger partial charge in [-0.25, -0.2) is 0 Å². The molecule has 2 aromatic rings. The molecule has 7 heteroatoms. The SMILES string of the molecule is COc1cccc(NC(=S)OC(N)=NC(=O)c2ccccc2)c1. The molecule has 0 bridgehead atoms. The Hall–Kier alpha value is -2.93. The number of carbonyl (C=O) groups excluding carboxylic acids is 1. The van der Waals surface area contributed by atoms with Gasteiger partial charge in [0.05, 0.1) is 7.11 Å². The van der Waals surface area contributed by atoms with Gasteiger partial charge in [0.1, 0.15) is 5.75 Å². The van der Waals surface area contributed by atoms with Gasteiger partial charge in [0.25, 0.3) is 17.1 Å². The summed E-state index contributed by atoms with van der Waals surface area (Å²) in [6, 6.07) is 15.3. The van der Waals surface area contributed by atoms with Crippen molar-refractivity contribution < 1.29 is 14.3 Å². The summed E-state index contributed by atoms with van der Waals surface area (Å²) in [4.78, 5) is 15.5. The normalized spacial score (nSPS) is 10.7. The van der Waals surface area contributed by atoms with Gasteiger partial charge in [-0.05, 0) is 36.5 Å². The molecule has 0 aliphatic rings. The molecule has 0 saturated heterocycles. The highest BCUT2D eigenvalue weighted by Gasteiger charge is 2.07. The Morgan fingerprint density at radius 1 is 1.17 bits per heavy atom. The number of methoxy groups -OCH3 is 1. The lowest BCUT2D eigenvalue weighted by molar-refractivity contribution is 0.100. The Labute approximate surface area is 138 Å². The van der Waals surface area contributed by atoms with E-state index in [1.807, 2.05) is 0 Å². The van der Waals surface area contributed by atoms with Crippen LogP contribution >= 0.6 is 12.2 Å². The van der Waals surface area contributed by atoms with Crippen molar-refractivity contribution in [1.82, 2.24) is 0 Å². The number of rotatable bonds is 3. The first-order valence-electron chi connectivity index (χ1n) is 6.65. The number of nitrogens with zero attached hydrogens (tertiary/aromatic N) is 1. The summed E-state index contributed by atoms with van der Waals surface area (Å²) >= 11 is 5.02. The summed E-state index contributed by atoms with van der Waals surface area (Å²) in [7, 11) is 1.56. The highest BCUT2D eigenvalue weighted by Crippen LogP contribution is 2.16. The molecule has 0 radical (unpaired) electrons. The summed E-state index contributed by atoms with van der Waals surface area (Å²) < 4.78 is 10.2. The number of amidine groups is 1. The molecule has 0 aliphatic heterocycles. The van der Waals surface area contributed by atoms with Crippen molar-refractivity contribution in [3.05, 3.63) is 60.2 Å². The Morgan fingerprint density at radius 2 is 1.91 bits per heavy atom. The van der Waals surface area contributed by atoms with Crippen molar-refractivity contribution in [1.29, 1.82) is 0 Å². The van der Waals surface area contributed by atoms with Crippen molar-refractivity contribution in [3.8, 4) is 5.75 Å². The van der Waals surface area contributed by atoms with Crippen molar-refractivity contribution in [2.75, 3.05) is 12.4 Å². The van der Waals surface area contributed by atoms with E-state index in [-0.39, 0.29) is 11.2 Å². The van der Waals surface area contributed by atoms with Gasteiger partial charge in [-0.2, -0.15) is 4.99 Å². The second-order valence-corrected chi connectivity index (χ2v) is 4.74. The van der Waals surface area contributed by atoms with Crippen molar-refractivity contribution in [2.45, 2.75) is 0 Å². The van der Waals surface area contributed by atoms with Crippen molar-refractivity contribution in [2.24, 2.45) is 10.7 Å². The number of carbonyl (C=O) groups is 1. The molecular weight excluding hydrogens is 314 g/mol. The summed E-state index contributed by atoms with van der Waals surface area (Å²) in [5.74, 6) is 0.158. The molecular formula is C16H15N3O3S. The lowest BCUT2D eigenvalue weighted by Gasteiger charge is -2.09. The molecule has 6 nitrogen and oxygen atoms in total. The minimum atomic E-state index is -0.507. The largest absolute Gasteiger partial charge is 0.497 e. The Morgan fingerprint density at radius 3 is 2.61 bits per heavy atom. The van der Waals surface area contributed by atoms with Crippen LogP contribution < -0.4 is 15.8 Å². The van der Waals surface area contributed by atoms with E-state index in [1.54, 1.807) is 61.7 Å². The number of aliphatic imine (C=N–C) groups is 1. The lowest BCUT2D eigenvalue weighted by atomic mass is 10.2. The van der Waals surface area contributed by atoms with Crippen LogP contribution in [-0.4, -0.2) is 24.2 Å². The van der Waals surface area contributed by atoms with Gasteiger partial charge in [0, 0.05) is 17.3 Å². The molecule has 0 spiro atoms. The third-order valence-electron chi connectivity index (χ3n) is 2.75. The van der Waals surface area contributed by atoms with Crippen LogP contribution in [0.4, 0.5) is 5.69 Å². The van der Waals surface area contributed by atoms with Crippen LogP contribution in [0.3, 0.4) is 0 Å². The van der Waals surface area contributed by atoms with Gasteiger partial charge in [0.2, 0.25) is 0 Å². The number of anilines is 1. The number of hydrogen-bond donors (Lipinski definition) is 2. The van der Waals surface area contributed by atoms with Gasteiger partial charge in [0.15, 0.2) is 0 Å². The van der Waals surface area contributed by atoms with Crippen LogP contribution in [0, 0.1) is 0 Å². The highest BCUT2D eigenvalue weighted by atomic mass is 32.1. The average molecular weight is 329 g/mol. The average Bonchev–Trinajstić information content (AvgIpc) is 2.55. The standard InChI is InChI=1S/C16H15N3O3S/c1-21-13-9-5-8-12(10-13)18-16(23)22-15(17)19-14(20)11-6-3-2-4-7-11/h2-10H,1H3,(H,18,23)(H2,17,19,20). The minimum absolute atomic E-state index is 0.0274. The van der Waals surface area contributed by atoms with E-state index in [9.17, 15) is 4.79 Å². The van der Waals surface area contributed by atoms with Crippen LogP contribution in [0.15, 0.2) is 59.6 Å². The fraction of sp³-hybridized carbons (Fsp3) is 0.0625. The number of amides is 1. The van der Waals surface area contributed by atoms with Crippen LogP contribution in [0.2, 0.25) is 0 Å². The maximum absolute atomic E-state index is 11.9. The van der Waals surface area contributed by atoms with Gasteiger partial charge in [-0.1, -0.05) is 24.3 Å². The molecule has 2 rings (SSSR count). The van der Waals surface area contributed by atoms with Crippen LogP contribution in [0.5, 0.6) is 5.75 Å². The highest BCUT2D eigenvalue weighted by molar-refractivity contribution is 7.80. The minimum Gasteiger partial charge on any atom is -0.497 e. The zero-order valence-electron chi connectivity index (χ0n) is 12.4. The quantitative estimate of drug-likeness (QED) is 0.511. The molecule has 0 heterocycles. The van der Waals surface area contributed by atoms with E-state index in [1.165, 1.54) is 0 Å². The maximum atomic E-state index is 11.9.